The molecule has 0 aromatic carbocycles. The lowest BCUT2D eigenvalue weighted by Gasteiger charge is -2.13. The van der Waals surface area contributed by atoms with E-state index in [0.29, 0.717) is 10.9 Å². The van der Waals surface area contributed by atoms with Gasteiger partial charge in [-0.3, -0.25) is 4.99 Å². The molecule has 9 heavy (non-hydrogen) atoms. The van der Waals surface area contributed by atoms with Gasteiger partial charge in [0, 0.05) is 6.21 Å². The van der Waals surface area contributed by atoms with Gasteiger partial charge < -0.3 is 11.1 Å². The Morgan fingerprint density at radius 1 is 1.78 bits per heavy atom. The average molecular weight is 166 g/mol. The van der Waals surface area contributed by atoms with Crippen LogP contribution in [0.5, 0.6) is 0 Å². The summed E-state index contributed by atoms with van der Waals surface area (Å²) >= 11 is 11.0. The van der Waals surface area contributed by atoms with E-state index in [9.17, 15) is 0 Å². The molecule has 50 valence electrons. The van der Waals surface area contributed by atoms with Gasteiger partial charge in [0.05, 0.1) is 5.03 Å². The van der Waals surface area contributed by atoms with Gasteiger partial charge in [0.25, 0.3) is 0 Å². The summed E-state index contributed by atoms with van der Waals surface area (Å²) in [7, 11) is 0. The van der Waals surface area contributed by atoms with Gasteiger partial charge in [-0.15, -0.1) is 0 Å². The molecule has 5 heteroatoms. The standard InChI is InChI=1S/C4H5Cl2N3/c5-2-1-8-4(6)9-3(2)7/h1,4,9H,7H2. The molecular weight excluding hydrogens is 161 g/mol. The van der Waals surface area contributed by atoms with Crippen molar-refractivity contribution >= 4 is 29.4 Å². The molecule has 1 rings (SSSR count). The van der Waals surface area contributed by atoms with Crippen molar-refractivity contribution in [2.75, 3.05) is 0 Å². The Kier molecular flexibility index (Phi) is 1.83. The van der Waals surface area contributed by atoms with E-state index in [-0.39, 0.29) is 0 Å². The Bertz CT molecular complexity index is 175. The second-order valence-corrected chi connectivity index (χ2v) is 2.34. The fourth-order valence-electron chi connectivity index (χ4n) is 0.435. The molecule has 3 N–H and O–H groups in total. The highest BCUT2D eigenvalue weighted by Gasteiger charge is 2.08. The SMILES string of the molecule is NC1=C(Cl)C=NC(Cl)N1. The van der Waals surface area contributed by atoms with Crippen LogP contribution in [0.1, 0.15) is 0 Å². The van der Waals surface area contributed by atoms with Crippen LogP contribution in [0, 0.1) is 0 Å². The van der Waals surface area contributed by atoms with Crippen LogP contribution >= 0.6 is 23.2 Å². The van der Waals surface area contributed by atoms with Gasteiger partial charge in [-0.1, -0.05) is 23.2 Å². The molecule has 0 amide bonds. The molecule has 0 aromatic heterocycles. The molecule has 0 radical (unpaired) electrons. The number of halogens is 2. The molecule has 0 saturated carbocycles. The lowest BCUT2D eigenvalue weighted by Crippen LogP contribution is -2.30. The Hall–Kier alpha value is -0.410. The van der Waals surface area contributed by atoms with E-state index in [0.717, 1.165) is 0 Å². The maximum atomic E-state index is 5.52. The van der Waals surface area contributed by atoms with Crippen molar-refractivity contribution in [2.45, 2.75) is 5.62 Å². The van der Waals surface area contributed by atoms with Crippen LogP contribution in [0.4, 0.5) is 0 Å². The smallest absolute Gasteiger partial charge is 0.196 e. The Morgan fingerprint density at radius 3 is 2.89 bits per heavy atom. The number of allylic oxidation sites excluding steroid dienone is 1. The summed E-state index contributed by atoms with van der Waals surface area (Å²) in [6, 6.07) is 0. The number of rotatable bonds is 0. The zero-order valence-corrected chi connectivity index (χ0v) is 5.95. The molecule has 0 spiro atoms. The molecule has 1 atom stereocenters. The van der Waals surface area contributed by atoms with Crippen molar-refractivity contribution in [1.29, 1.82) is 0 Å². The predicted octanol–water partition coefficient (Wildman–Crippen LogP) is 0.549. The minimum Gasteiger partial charge on any atom is -0.384 e. The van der Waals surface area contributed by atoms with Crippen LogP contribution in [0.3, 0.4) is 0 Å². The first-order valence-electron chi connectivity index (χ1n) is 2.29. The molecular formula is C4H5Cl2N3. The lowest BCUT2D eigenvalue weighted by molar-refractivity contribution is 0.745. The minimum atomic E-state index is -0.479. The van der Waals surface area contributed by atoms with Crippen molar-refractivity contribution in [3.05, 3.63) is 10.9 Å². The molecule has 3 nitrogen and oxygen atoms in total. The highest BCUT2D eigenvalue weighted by atomic mass is 35.5. The van der Waals surface area contributed by atoms with Crippen LogP contribution in [-0.4, -0.2) is 11.8 Å². The van der Waals surface area contributed by atoms with Gasteiger partial charge in [0.1, 0.15) is 5.82 Å². The molecule has 1 aliphatic heterocycles. The quantitative estimate of drug-likeness (QED) is 0.407. The third-order valence-electron chi connectivity index (χ3n) is 0.851. The maximum absolute atomic E-state index is 5.52. The summed E-state index contributed by atoms with van der Waals surface area (Å²) in [6.45, 7) is 0. The van der Waals surface area contributed by atoms with E-state index in [2.05, 4.69) is 10.3 Å². The molecule has 0 saturated heterocycles. The first kappa shape index (κ1) is 6.71. The monoisotopic (exact) mass is 165 g/mol. The number of nitrogens with two attached hydrogens (primary N) is 1. The number of aliphatic imine (C=N–C) groups is 1. The number of nitrogens with zero attached hydrogens (tertiary/aromatic N) is 1. The van der Waals surface area contributed by atoms with Gasteiger partial charge in [-0.2, -0.15) is 0 Å². The maximum Gasteiger partial charge on any atom is 0.196 e. The fourth-order valence-corrected chi connectivity index (χ4v) is 0.720. The lowest BCUT2D eigenvalue weighted by atomic mass is 10.5. The predicted molar refractivity (Wildman–Crippen MR) is 38.3 cm³/mol. The number of nitrogens with one attached hydrogen (secondary N) is 1. The molecule has 1 aliphatic rings. The topological polar surface area (TPSA) is 50.4 Å². The third-order valence-corrected chi connectivity index (χ3v) is 1.37. The second kappa shape index (κ2) is 2.45. The van der Waals surface area contributed by atoms with Crippen LogP contribution in [0.15, 0.2) is 15.8 Å². The van der Waals surface area contributed by atoms with Crippen molar-refractivity contribution in [3.8, 4) is 0 Å². The summed E-state index contributed by atoms with van der Waals surface area (Å²) in [4.78, 5) is 3.72. The van der Waals surface area contributed by atoms with Gasteiger partial charge in [-0.05, 0) is 0 Å². The van der Waals surface area contributed by atoms with Crippen molar-refractivity contribution in [2.24, 2.45) is 10.7 Å². The van der Waals surface area contributed by atoms with Crippen LogP contribution in [0.25, 0.3) is 0 Å². The third kappa shape index (κ3) is 1.50. The highest BCUT2D eigenvalue weighted by Crippen LogP contribution is 2.08. The normalized spacial score (nSPS) is 26.2. The van der Waals surface area contributed by atoms with Gasteiger partial charge in [-0.25, -0.2) is 0 Å². The molecule has 0 fully saturated rings. The largest absolute Gasteiger partial charge is 0.384 e. The molecule has 0 aromatic rings. The van der Waals surface area contributed by atoms with E-state index in [1.54, 1.807) is 0 Å². The number of hydrogen-bond acceptors (Lipinski definition) is 3. The van der Waals surface area contributed by atoms with Gasteiger partial charge >= 0.3 is 0 Å². The first-order valence-corrected chi connectivity index (χ1v) is 3.10. The first-order chi connectivity index (χ1) is 4.20. The Morgan fingerprint density at radius 2 is 2.44 bits per heavy atom. The average Bonchev–Trinajstić information content (AvgIpc) is 1.80. The van der Waals surface area contributed by atoms with Gasteiger partial charge in [0.2, 0.25) is 0 Å². The molecule has 1 heterocycles. The van der Waals surface area contributed by atoms with Gasteiger partial charge in [0.15, 0.2) is 5.62 Å². The number of alkyl halides is 1. The van der Waals surface area contributed by atoms with Crippen molar-refractivity contribution in [3.63, 3.8) is 0 Å². The fraction of sp³-hybridized carbons (Fsp3) is 0.250. The summed E-state index contributed by atoms with van der Waals surface area (Å²) in [6.07, 6.45) is 1.42. The minimum absolute atomic E-state index is 0.367. The Balaban J connectivity index is 2.75. The second-order valence-electron chi connectivity index (χ2n) is 1.52. The molecule has 1 unspecified atom stereocenters. The highest BCUT2D eigenvalue weighted by molar-refractivity contribution is 6.40. The van der Waals surface area contributed by atoms with Crippen LogP contribution in [0.2, 0.25) is 0 Å². The zero-order valence-electron chi connectivity index (χ0n) is 4.44. The van der Waals surface area contributed by atoms with Crippen LogP contribution in [-0.2, 0) is 0 Å². The van der Waals surface area contributed by atoms with E-state index in [1.165, 1.54) is 6.21 Å². The molecule has 0 aliphatic carbocycles. The molecule has 0 bridgehead atoms. The number of hydrogen-bond donors (Lipinski definition) is 2. The van der Waals surface area contributed by atoms with Crippen LogP contribution < -0.4 is 11.1 Å². The summed E-state index contributed by atoms with van der Waals surface area (Å²) in [5.74, 6) is 0.367. The van der Waals surface area contributed by atoms with E-state index in [1.807, 2.05) is 0 Å². The summed E-state index contributed by atoms with van der Waals surface area (Å²) < 4.78 is 0. The van der Waals surface area contributed by atoms with E-state index >= 15 is 0 Å². The summed E-state index contributed by atoms with van der Waals surface area (Å²) in [5.41, 5.74) is 4.85. The van der Waals surface area contributed by atoms with E-state index in [4.69, 9.17) is 28.9 Å². The Labute approximate surface area is 62.5 Å². The zero-order chi connectivity index (χ0) is 6.85. The van der Waals surface area contributed by atoms with Crippen molar-refractivity contribution < 1.29 is 0 Å². The van der Waals surface area contributed by atoms with Crippen molar-refractivity contribution in [1.82, 2.24) is 5.32 Å². The van der Waals surface area contributed by atoms with E-state index < -0.39 is 5.62 Å². The summed E-state index contributed by atoms with van der Waals surface area (Å²) in [5, 5.41) is 3.02.